The van der Waals surface area contributed by atoms with Gasteiger partial charge in [-0.3, -0.25) is 0 Å². The van der Waals surface area contributed by atoms with Gasteiger partial charge in [-0.1, -0.05) is 72.5 Å². The molecule has 0 saturated carbocycles. The normalized spacial score (nSPS) is 12.6. The zero-order valence-corrected chi connectivity index (χ0v) is 15.2. The highest BCUT2D eigenvalue weighted by Crippen LogP contribution is 2.38. The maximum atomic E-state index is 3.63. The molecule has 1 aliphatic heterocycles. The van der Waals surface area contributed by atoms with Crippen LogP contribution in [0.4, 0.5) is 11.4 Å². The highest BCUT2D eigenvalue weighted by Gasteiger charge is 2.30. The fourth-order valence-corrected chi connectivity index (χ4v) is 4.09. The fourth-order valence-electron chi connectivity index (χ4n) is 4.09. The zero-order valence-electron chi connectivity index (χ0n) is 15.2. The summed E-state index contributed by atoms with van der Waals surface area (Å²) < 4.78 is 0. The molecule has 0 saturated heterocycles. The van der Waals surface area contributed by atoms with Crippen LogP contribution in [0.3, 0.4) is 0 Å². The maximum absolute atomic E-state index is 3.63. The van der Waals surface area contributed by atoms with E-state index in [2.05, 4.69) is 101 Å². The summed E-state index contributed by atoms with van der Waals surface area (Å²) in [5, 5.41) is 8.73. The van der Waals surface area contributed by atoms with Gasteiger partial charge < -0.3 is 10.0 Å². The van der Waals surface area contributed by atoms with Gasteiger partial charge in [0.25, 0.3) is 0 Å². The van der Waals surface area contributed by atoms with Crippen molar-refractivity contribution >= 4 is 39.9 Å². The van der Waals surface area contributed by atoms with Crippen LogP contribution in [-0.4, -0.2) is 6.98 Å². The topological polar surface area (TPSA) is 15.3 Å². The average molecular weight is 346 g/mol. The molecule has 0 spiro atoms. The largest absolute Gasteiger partial charge is 0.463 e. The molecule has 2 nitrogen and oxygen atoms in total. The van der Waals surface area contributed by atoms with Crippen molar-refractivity contribution in [3.8, 4) is 11.7 Å². The molecule has 27 heavy (non-hydrogen) atoms. The Morgan fingerprint density at radius 2 is 1.59 bits per heavy atom. The molecule has 1 aliphatic rings. The molecule has 0 fully saturated rings. The van der Waals surface area contributed by atoms with E-state index in [1.54, 1.807) is 0 Å². The van der Waals surface area contributed by atoms with E-state index in [0.717, 1.165) is 12.2 Å². The van der Waals surface area contributed by atoms with Crippen molar-refractivity contribution in [2.75, 3.05) is 10.0 Å². The van der Waals surface area contributed by atoms with Crippen LogP contribution >= 0.6 is 0 Å². The molecule has 3 heteroatoms. The molecule has 0 amide bonds. The second-order valence-corrected chi connectivity index (χ2v) is 6.89. The van der Waals surface area contributed by atoms with E-state index in [1.807, 2.05) is 6.92 Å². The Morgan fingerprint density at radius 3 is 2.48 bits per heavy atom. The molecule has 1 heterocycles. The SMILES string of the molecule is CC#CB1Nc2cccc3cccc(c23)N1Cc1cccc2ccccc12. The van der Waals surface area contributed by atoms with Crippen LogP contribution in [0.15, 0.2) is 78.9 Å². The average Bonchev–Trinajstić information content (AvgIpc) is 2.71. The molecule has 1 N–H and O–H groups in total. The van der Waals surface area contributed by atoms with Gasteiger partial charge in [-0.2, -0.15) is 0 Å². The van der Waals surface area contributed by atoms with Gasteiger partial charge in [0.1, 0.15) is 0 Å². The van der Waals surface area contributed by atoms with Crippen LogP contribution in [-0.2, 0) is 6.54 Å². The fraction of sp³-hybridized carbons (Fsp3) is 0.0833. The number of nitrogens with zero attached hydrogens (tertiary/aromatic N) is 1. The quantitative estimate of drug-likeness (QED) is 0.382. The van der Waals surface area contributed by atoms with Gasteiger partial charge in [0.2, 0.25) is 0 Å². The van der Waals surface area contributed by atoms with E-state index in [4.69, 9.17) is 0 Å². The first-order valence-corrected chi connectivity index (χ1v) is 9.29. The van der Waals surface area contributed by atoms with Crippen molar-refractivity contribution in [1.82, 2.24) is 0 Å². The summed E-state index contributed by atoms with van der Waals surface area (Å²) in [7, 11) is 0. The lowest BCUT2D eigenvalue weighted by atomic mass is 9.71. The second-order valence-electron chi connectivity index (χ2n) is 6.89. The summed E-state index contributed by atoms with van der Waals surface area (Å²) in [5.74, 6) is 6.45. The standard InChI is InChI=1S/C24H19BN2/c1-2-16-25-26-22-14-6-10-19-11-7-15-23(24(19)22)27(25)17-20-12-5-9-18-8-3-4-13-21(18)20/h3-15,26H,17H2,1H3. The van der Waals surface area contributed by atoms with Crippen molar-refractivity contribution in [2.45, 2.75) is 13.5 Å². The number of nitrogens with one attached hydrogen (secondary N) is 1. The van der Waals surface area contributed by atoms with Crippen molar-refractivity contribution in [3.63, 3.8) is 0 Å². The van der Waals surface area contributed by atoms with Gasteiger partial charge in [-0.05, 0) is 40.8 Å². The first-order chi connectivity index (χ1) is 13.3. The lowest BCUT2D eigenvalue weighted by Gasteiger charge is -2.35. The zero-order chi connectivity index (χ0) is 18.2. The Labute approximate surface area is 159 Å². The number of anilines is 2. The van der Waals surface area contributed by atoms with Crippen molar-refractivity contribution in [3.05, 3.63) is 84.4 Å². The Kier molecular flexibility index (Phi) is 3.76. The van der Waals surface area contributed by atoms with E-state index in [1.165, 1.54) is 32.8 Å². The molecule has 0 unspecified atom stereocenters. The summed E-state index contributed by atoms with van der Waals surface area (Å²) >= 11 is 0. The van der Waals surface area contributed by atoms with Gasteiger partial charge >= 0.3 is 6.98 Å². The molecular weight excluding hydrogens is 327 g/mol. The summed E-state index contributed by atoms with van der Waals surface area (Å²) in [6.07, 6.45) is 0. The van der Waals surface area contributed by atoms with Crippen molar-refractivity contribution in [2.24, 2.45) is 0 Å². The van der Waals surface area contributed by atoms with Gasteiger partial charge in [0.05, 0.1) is 0 Å². The first kappa shape index (κ1) is 15.8. The van der Waals surface area contributed by atoms with E-state index in [0.29, 0.717) is 0 Å². The van der Waals surface area contributed by atoms with Gasteiger partial charge in [-0.15, -0.1) is 5.92 Å². The number of rotatable bonds is 2. The lowest BCUT2D eigenvalue weighted by molar-refractivity contribution is 1.04. The van der Waals surface area contributed by atoms with Crippen molar-refractivity contribution < 1.29 is 0 Å². The predicted octanol–water partition coefficient (Wildman–Crippen LogP) is 5.48. The Morgan fingerprint density at radius 1 is 0.852 bits per heavy atom. The molecule has 0 radical (unpaired) electrons. The number of hydrogen-bond acceptors (Lipinski definition) is 2. The molecule has 0 aliphatic carbocycles. The van der Waals surface area contributed by atoms with E-state index < -0.39 is 0 Å². The third-order valence-corrected chi connectivity index (χ3v) is 5.30. The van der Waals surface area contributed by atoms with Crippen molar-refractivity contribution in [1.29, 1.82) is 0 Å². The minimum Gasteiger partial charge on any atom is -0.398 e. The molecule has 0 bridgehead atoms. The summed E-state index contributed by atoms with van der Waals surface area (Å²) in [4.78, 5) is 2.38. The van der Waals surface area contributed by atoms with Crippen LogP contribution in [0.25, 0.3) is 21.5 Å². The summed E-state index contributed by atoms with van der Waals surface area (Å²) in [6, 6.07) is 28.1. The monoisotopic (exact) mass is 346 g/mol. The molecule has 0 atom stereocenters. The molecular formula is C24H19BN2. The lowest BCUT2D eigenvalue weighted by Crippen LogP contribution is -2.47. The predicted molar refractivity (Wildman–Crippen MR) is 117 cm³/mol. The Hall–Kier alpha value is -3.38. The Balaban J connectivity index is 1.68. The second kappa shape index (κ2) is 6.41. The van der Waals surface area contributed by atoms with Crippen LogP contribution in [0.2, 0.25) is 0 Å². The molecule has 4 aromatic rings. The van der Waals surface area contributed by atoms with Crippen LogP contribution in [0, 0.1) is 11.7 Å². The molecule has 4 aromatic carbocycles. The highest BCUT2D eigenvalue weighted by molar-refractivity contribution is 6.75. The van der Waals surface area contributed by atoms with E-state index in [-0.39, 0.29) is 6.98 Å². The van der Waals surface area contributed by atoms with E-state index in [9.17, 15) is 0 Å². The summed E-state index contributed by atoms with van der Waals surface area (Å²) in [6.45, 7) is 2.66. The van der Waals surface area contributed by atoms with Crippen LogP contribution in [0.1, 0.15) is 12.5 Å². The third-order valence-electron chi connectivity index (χ3n) is 5.30. The maximum Gasteiger partial charge on any atom is 0.463 e. The Bertz CT molecular complexity index is 1210. The molecule has 128 valence electrons. The highest BCUT2D eigenvalue weighted by atomic mass is 15.2. The summed E-state index contributed by atoms with van der Waals surface area (Å²) in [5.41, 5.74) is 3.71. The van der Waals surface area contributed by atoms with Gasteiger partial charge in [0, 0.05) is 23.3 Å². The smallest absolute Gasteiger partial charge is 0.398 e. The number of fused-ring (bicyclic) bond motifs is 1. The van der Waals surface area contributed by atoms with Crippen LogP contribution < -0.4 is 10.0 Å². The van der Waals surface area contributed by atoms with Gasteiger partial charge in [-0.25, -0.2) is 0 Å². The number of hydrogen-bond donors (Lipinski definition) is 1. The number of benzene rings is 4. The minimum absolute atomic E-state index is 0.0468. The first-order valence-electron chi connectivity index (χ1n) is 9.29. The van der Waals surface area contributed by atoms with Crippen LogP contribution in [0.5, 0.6) is 0 Å². The molecule has 5 rings (SSSR count). The minimum atomic E-state index is -0.0468. The third kappa shape index (κ3) is 2.62. The van der Waals surface area contributed by atoms with Gasteiger partial charge in [0.15, 0.2) is 0 Å². The molecule has 0 aromatic heterocycles. The van der Waals surface area contributed by atoms with E-state index >= 15 is 0 Å².